The highest BCUT2D eigenvalue weighted by Crippen LogP contribution is 2.47. The average Bonchev–Trinajstić information content (AvgIpc) is 3.59. The summed E-state index contributed by atoms with van der Waals surface area (Å²) in [7, 11) is 0. The van der Waals surface area contributed by atoms with E-state index in [9.17, 15) is 35.1 Å². The summed E-state index contributed by atoms with van der Waals surface area (Å²) in [5, 5.41) is 54.0. The van der Waals surface area contributed by atoms with E-state index in [1.54, 1.807) is 0 Å². The quantitative estimate of drug-likeness (QED) is 0.145. The van der Waals surface area contributed by atoms with Crippen LogP contribution in [0.4, 0.5) is 0 Å². The minimum absolute atomic E-state index is 0.0347. The summed E-state index contributed by atoms with van der Waals surface area (Å²) in [6, 6.07) is 0. The fraction of sp³-hybridized carbons (Fsp3) is 0.818. The second kappa shape index (κ2) is 17.4. The number of rotatable bonds is 11. The number of aliphatic hydroxyl groups is 4. The Hall–Kier alpha value is -2.08. The van der Waals surface area contributed by atoms with E-state index in [2.05, 4.69) is 20.4 Å². The zero-order valence-electron chi connectivity index (χ0n) is 34.5. The van der Waals surface area contributed by atoms with E-state index in [0.29, 0.717) is 61.9 Å². The smallest absolute Gasteiger partial charge is 0.335 e. The molecular weight excluding hydrogens is 752 g/mol. The lowest BCUT2D eigenvalue weighted by Crippen LogP contribution is -2.60. The van der Waals surface area contributed by atoms with Crippen LogP contribution in [0.3, 0.4) is 0 Å². The Balaban J connectivity index is 0.931. The van der Waals surface area contributed by atoms with Crippen LogP contribution in [0.1, 0.15) is 118 Å². The maximum atomic E-state index is 12.1. The molecular formula is C44H66O14. The maximum absolute atomic E-state index is 12.1. The van der Waals surface area contributed by atoms with E-state index in [4.69, 9.17) is 33.2 Å². The highest BCUT2D eigenvalue weighted by atomic mass is 16.7. The van der Waals surface area contributed by atoms with E-state index in [-0.39, 0.29) is 43.3 Å². The normalized spacial score (nSPS) is 44.8. The minimum atomic E-state index is -2.03. The fourth-order valence-electron chi connectivity index (χ4n) is 10.5. The Morgan fingerprint density at radius 3 is 2.48 bits per heavy atom. The molecule has 0 aromatic rings. The zero-order chi connectivity index (χ0) is 41.6. The van der Waals surface area contributed by atoms with Crippen molar-refractivity contribution < 1.29 is 68.3 Å². The number of hydrogen-bond acceptors (Lipinski definition) is 13. The predicted molar refractivity (Wildman–Crippen MR) is 208 cm³/mol. The van der Waals surface area contributed by atoms with Gasteiger partial charge in [-0.2, -0.15) is 0 Å². The van der Waals surface area contributed by atoms with Gasteiger partial charge in [-0.3, -0.25) is 4.79 Å². The first-order chi connectivity index (χ1) is 27.5. The van der Waals surface area contributed by atoms with Gasteiger partial charge in [-0.15, -0.1) is 0 Å². The number of carbonyl (C=O) groups is 2. The van der Waals surface area contributed by atoms with Gasteiger partial charge in [0.15, 0.2) is 17.2 Å². The standard InChI is InChI=1S/C44H66O14/c1-25(34-21-29(24-45)22-44(56-34)35(47)11-10-31(55-44)23-41(5,51)40(49)50)8-9-30-13-17-43(54-30)18-14-33-39(58-43)36(48)28(4)38(53-33)32(46)20-27(3)37-26(2)12-16-42(57-37)15-6-7-19-52-42/h8-9,22,24-27,30-39,46-48,51H,4,6-7,10-21,23H2,1-3,5H3,(H,49,50)/b9-8+/t25-,26-,27+,30+,31+,32+,33-,34+,35-,36-,37+,38+,39-,41-,42+,43-,44-/m1/s1. The lowest BCUT2D eigenvalue weighted by Gasteiger charge is -2.50. The summed E-state index contributed by atoms with van der Waals surface area (Å²) < 4.78 is 44.9. The molecule has 0 bridgehead atoms. The number of ether oxygens (including phenoxy) is 7. The van der Waals surface area contributed by atoms with E-state index in [0.717, 1.165) is 38.7 Å². The van der Waals surface area contributed by atoms with Crippen LogP contribution in [0.5, 0.6) is 0 Å². The summed E-state index contributed by atoms with van der Waals surface area (Å²) in [6.45, 7) is 12.3. The van der Waals surface area contributed by atoms with Crippen LogP contribution in [0.25, 0.3) is 0 Å². The highest BCUT2D eigenvalue weighted by molar-refractivity contribution is 5.76. The molecule has 7 heterocycles. The average molecular weight is 819 g/mol. The minimum Gasteiger partial charge on any atom is -0.479 e. The summed E-state index contributed by atoms with van der Waals surface area (Å²) in [5.74, 6) is -4.34. The van der Waals surface area contributed by atoms with Gasteiger partial charge in [-0.05, 0) is 87.3 Å². The first-order valence-electron chi connectivity index (χ1n) is 21.7. The van der Waals surface area contributed by atoms with Gasteiger partial charge in [0.25, 0.3) is 0 Å². The number of fused-ring (bicyclic) bond motifs is 1. The van der Waals surface area contributed by atoms with Crippen molar-refractivity contribution in [1.29, 1.82) is 0 Å². The molecule has 7 aliphatic rings. The molecule has 0 radical (unpaired) electrons. The summed E-state index contributed by atoms with van der Waals surface area (Å²) in [6.07, 6.45) is 8.01. The lowest BCUT2D eigenvalue weighted by atomic mass is 9.79. The molecule has 14 heteroatoms. The summed E-state index contributed by atoms with van der Waals surface area (Å²) >= 11 is 0. The SMILES string of the molecule is C=C1[C@@H](O)[C@@H]2O[C@]3(CC[C@H](/C=C/[C@@H](C)[C@@H]4CC(C=O)=C[C@@]5(O[C@H](C[C@@](C)(O)C(=O)O)CC[C@H]5O)O4)O3)CC[C@H]2O[C@@H]1[C@@H](O)C[C@H](C)[C@H]1O[C@@]2(CCCCO2)CC[C@H]1C. The number of hydrogen-bond donors (Lipinski definition) is 5. The topological polar surface area (TPSA) is 200 Å². The molecule has 7 rings (SSSR count). The maximum Gasteiger partial charge on any atom is 0.335 e. The molecule has 5 N–H and O–H groups in total. The number of carboxylic acids is 1. The molecule has 17 atom stereocenters. The molecule has 58 heavy (non-hydrogen) atoms. The van der Waals surface area contributed by atoms with Crippen LogP contribution < -0.4 is 0 Å². The number of aldehydes is 1. The molecule has 0 saturated carbocycles. The van der Waals surface area contributed by atoms with Gasteiger partial charge in [0.1, 0.15) is 30.7 Å². The van der Waals surface area contributed by atoms with Crippen molar-refractivity contribution >= 4 is 12.3 Å². The molecule has 0 aliphatic carbocycles. The lowest BCUT2D eigenvalue weighted by molar-refractivity contribution is -0.320. The van der Waals surface area contributed by atoms with Crippen molar-refractivity contribution in [3.63, 3.8) is 0 Å². The summed E-state index contributed by atoms with van der Waals surface area (Å²) in [5.41, 5.74) is -1.24. The number of aliphatic carboxylic acids is 1. The van der Waals surface area contributed by atoms with Crippen molar-refractivity contribution in [3.8, 4) is 0 Å². The molecule has 0 aromatic carbocycles. The Morgan fingerprint density at radius 1 is 1.00 bits per heavy atom. The monoisotopic (exact) mass is 818 g/mol. The van der Waals surface area contributed by atoms with Crippen molar-refractivity contribution in [2.24, 2.45) is 17.8 Å². The Labute approximate surface area is 341 Å². The molecule has 7 aliphatic heterocycles. The highest BCUT2D eigenvalue weighted by Gasteiger charge is 2.55. The van der Waals surface area contributed by atoms with Crippen LogP contribution >= 0.6 is 0 Å². The van der Waals surface area contributed by atoms with Crippen molar-refractivity contribution in [2.75, 3.05) is 6.61 Å². The third-order valence-electron chi connectivity index (χ3n) is 14.0. The van der Waals surface area contributed by atoms with Crippen molar-refractivity contribution in [2.45, 2.75) is 202 Å². The Morgan fingerprint density at radius 2 is 1.76 bits per heavy atom. The molecule has 14 nitrogen and oxygen atoms in total. The van der Waals surface area contributed by atoms with Crippen molar-refractivity contribution in [3.05, 3.63) is 36.0 Å². The van der Waals surface area contributed by atoms with Crippen LogP contribution in [0, 0.1) is 17.8 Å². The fourth-order valence-corrected chi connectivity index (χ4v) is 10.5. The predicted octanol–water partition coefficient (Wildman–Crippen LogP) is 4.39. The van der Waals surface area contributed by atoms with Gasteiger partial charge in [0.2, 0.25) is 5.79 Å². The molecule has 0 unspecified atom stereocenters. The van der Waals surface area contributed by atoms with Crippen molar-refractivity contribution in [1.82, 2.24) is 0 Å². The van der Waals surface area contributed by atoms with Gasteiger partial charge >= 0.3 is 5.97 Å². The van der Waals surface area contributed by atoms with Gasteiger partial charge < -0.3 is 58.7 Å². The third kappa shape index (κ3) is 9.09. The van der Waals surface area contributed by atoms with Gasteiger partial charge in [-0.1, -0.05) is 39.5 Å². The van der Waals surface area contributed by atoms with E-state index in [1.165, 1.54) is 13.0 Å². The number of carbonyl (C=O) groups excluding carboxylic acids is 1. The molecule has 0 amide bonds. The first-order valence-corrected chi connectivity index (χ1v) is 21.7. The Kier molecular flexibility index (Phi) is 13.2. The summed E-state index contributed by atoms with van der Waals surface area (Å²) in [4.78, 5) is 23.7. The molecule has 326 valence electrons. The largest absolute Gasteiger partial charge is 0.479 e. The van der Waals surface area contributed by atoms with Gasteiger partial charge in [-0.25, -0.2) is 4.79 Å². The van der Waals surface area contributed by atoms with Gasteiger partial charge in [0.05, 0.1) is 43.2 Å². The molecule has 6 fully saturated rings. The van der Waals surface area contributed by atoms with E-state index < -0.39 is 77.8 Å². The zero-order valence-corrected chi connectivity index (χ0v) is 34.5. The second-order valence-electron chi connectivity index (χ2n) is 18.7. The van der Waals surface area contributed by atoms with Crippen LogP contribution in [-0.4, -0.2) is 128 Å². The molecule has 6 saturated heterocycles. The van der Waals surface area contributed by atoms with Crippen LogP contribution in [0.2, 0.25) is 0 Å². The first kappa shape index (κ1) is 44.0. The van der Waals surface area contributed by atoms with E-state index >= 15 is 0 Å². The Bertz CT molecular complexity index is 1560. The second-order valence-corrected chi connectivity index (χ2v) is 18.7. The van der Waals surface area contributed by atoms with Crippen LogP contribution in [-0.2, 0) is 42.7 Å². The van der Waals surface area contributed by atoms with E-state index in [1.807, 2.05) is 19.1 Å². The van der Waals surface area contributed by atoms with Gasteiger partial charge in [0, 0.05) is 44.4 Å². The van der Waals surface area contributed by atoms with Crippen LogP contribution in [0.15, 0.2) is 36.0 Å². The molecule has 0 aromatic heterocycles. The number of carboxylic acid groups (broad SMARTS) is 1. The third-order valence-corrected chi connectivity index (χ3v) is 14.0. The molecule has 3 spiro atoms. The number of aliphatic hydroxyl groups excluding tert-OH is 3.